The van der Waals surface area contributed by atoms with Crippen molar-refractivity contribution in [1.29, 1.82) is 0 Å². The molecule has 0 saturated carbocycles. The molecule has 56 valence electrons. The second kappa shape index (κ2) is 4.12. The molecule has 3 heteroatoms. The van der Waals surface area contributed by atoms with E-state index in [1.807, 2.05) is 6.92 Å². The van der Waals surface area contributed by atoms with Crippen LogP contribution in [0.15, 0.2) is 29.0 Å². The molecule has 0 aromatic heterocycles. The Bertz CT molecular complexity index is 188. The van der Waals surface area contributed by atoms with Gasteiger partial charge in [0.15, 0.2) is 0 Å². The molecule has 0 rings (SSSR count). The fourth-order valence-corrected chi connectivity index (χ4v) is 0.560. The van der Waals surface area contributed by atoms with Gasteiger partial charge in [-0.3, -0.25) is 0 Å². The largest absolute Gasteiger partial charge is 0.384 e. The number of aliphatic imine (C=N–C) groups is 1. The van der Waals surface area contributed by atoms with Crippen LogP contribution in [0.4, 0.5) is 0 Å². The van der Waals surface area contributed by atoms with Crippen molar-refractivity contribution in [2.24, 2.45) is 10.7 Å². The Labute approximate surface area is 66.1 Å². The average Bonchev–Trinajstić information content (AvgIpc) is 1.58. The van der Waals surface area contributed by atoms with Crippen molar-refractivity contribution in [3.8, 4) is 0 Å². The quantitative estimate of drug-likeness (QED) is 0.485. The van der Waals surface area contributed by atoms with E-state index in [1.165, 1.54) is 0 Å². The highest BCUT2D eigenvalue weighted by Crippen LogP contribution is 1.96. The third-order valence-corrected chi connectivity index (χ3v) is 0.762. The lowest BCUT2D eigenvalue weighted by Gasteiger charge is -1.91. The molecule has 0 fully saturated rings. The van der Waals surface area contributed by atoms with Crippen LogP contribution in [-0.2, 0) is 0 Å². The normalized spacial score (nSPS) is 13.5. The van der Waals surface area contributed by atoms with Crippen LogP contribution in [0.1, 0.15) is 13.8 Å². The maximum atomic E-state index is 5.46. The van der Waals surface area contributed by atoms with Crippen molar-refractivity contribution in [3.05, 3.63) is 24.0 Å². The molecular weight excluding hydrogens is 148 g/mol. The number of nitrogens with zero attached hydrogens (tertiary/aromatic N) is 1. The summed E-state index contributed by atoms with van der Waals surface area (Å²) in [5.41, 5.74) is 6.26. The lowest BCUT2D eigenvalue weighted by molar-refractivity contribution is 1.23. The van der Waals surface area contributed by atoms with Crippen LogP contribution in [-0.4, -0.2) is 5.17 Å². The molecule has 0 amide bonds. The van der Waals surface area contributed by atoms with Crippen LogP contribution < -0.4 is 5.73 Å². The van der Waals surface area contributed by atoms with E-state index in [-0.39, 0.29) is 0 Å². The van der Waals surface area contributed by atoms with Crippen LogP contribution >= 0.6 is 11.6 Å². The summed E-state index contributed by atoms with van der Waals surface area (Å²) < 4.78 is 0. The predicted molar refractivity (Wildman–Crippen MR) is 46.0 cm³/mol. The maximum Gasteiger partial charge on any atom is 0.124 e. The topological polar surface area (TPSA) is 38.4 Å². The number of nitrogens with two attached hydrogens (primary N) is 1. The zero-order valence-electron chi connectivity index (χ0n) is 6.19. The van der Waals surface area contributed by atoms with E-state index in [2.05, 4.69) is 11.6 Å². The first-order valence-electron chi connectivity index (χ1n) is 2.86. The smallest absolute Gasteiger partial charge is 0.124 e. The van der Waals surface area contributed by atoms with Crippen LogP contribution in [0.5, 0.6) is 0 Å². The molecule has 0 aliphatic carbocycles. The molecule has 2 N–H and O–H groups in total. The van der Waals surface area contributed by atoms with Crippen molar-refractivity contribution in [1.82, 2.24) is 0 Å². The summed E-state index contributed by atoms with van der Waals surface area (Å²) in [7, 11) is 0. The van der Waals surface area contributed by atoms with Gasteiger partial charge in [0.2, 0.25) is 0 Å². The highest BCUT2D eigenvalue weighted by atomic mass is 35.5. The zero-order chi connectivity index (χ0) is 8.15. The third-order valence-electron chi connectivity index (χ3n) is 0.677. The van der Waals surface area contributed by atoms with Crippen LogP contribution in [0.25, 0.3) is 0 Å². The molecule has 0 heterocycles. The number of hydrogen-bond donors (Lipinski definition) is 1. The van der Waals surface area contributed by atoms with Crippen LogP contribution in [0, 0.1) is 0 Å². The van der Waals surface area contributed by atoms with Gasteiger partial charge in [0.25, 0.3) is 0 Å². The van der Waals surface area contributed by atoms with E-state index in [9.17, 15) is 0 Å². The Morgan fingerprint density at radius 2 is 2.10 bits per heavy atom. The van der Waals surface area contributed by atoms with E-state index in [1.54, 1.807) is 13.0 Å². The minimum atomic E-state index is 0.389. The number of halogens is 1. The van der Waals surface area contributed by atoms with Crippen molar-refractivity contribution in [3.63, 3.8) is 0 Å². The van der Waals surface area contributed by atoms with Gasteiger partial charge in [-0.25, -0.2) is 4.99 Å². The molecule has 0 aromatic carbocycles. The van der Waals surface area contributed by atoms with Gasteiger partial charge < -0.3 is 5.73 Å². The molecule has 0 aliphatic rings. The molecule has 0 aromatic rings. The molecule has 0 atom stereocenters. The fourth-order valence-electron chi connectivity index (χ4n) is 0.463. The Balaban J connectivity index is 4.22. The van der Waals surface area contributed by atoms with Gasteiger partial charge in [0, 0.05) is 0 Å². The number of allylic oxidation sites excluding steroid dienone is 2. The SMILES string of the molecule is C=C(C)/C=C(N)\N=C(/C)Cl. The first-order valence-corrected chi connectivity index (χ1v) is 3.23. The minimum Gasteiger partial charge on any atom is -0.384 e. The van der Waals surface area contributed by atoms with E-state index >= 15 is 0 Å². The summed E-state index contributed by atoms with van der Waals surface area (Å²) in [5.74, 6) is 0.389. The molecular formula is C7H11ClN2. The van der Waals surface area contributed by atoms with Gasteiger partial charge in [-0.1, -0.05) is 23.8 Å². The standard InChI is InChI=1S/C7H11ClN2/c1-5(2)4-7(9)10-6(3)8/h4H,1,9H2,2-3H3/b7-4-,10-6+. The molecule has 2 nitrogen and oxygen atoms in total. The van der Waals surface area contributed by atoms with Crippen molar-refractivity contribution in [2.75, 3.05) is 0 Å². The summed E-state index contributed by atoms with van der Waals surface area (Å²) in [4.78, 5) is 3.78. The molecule has 0 unspecified atom stereocenters. The highest BCUT2D eigenvalue weighted by Gasteiger charge is 1.85. The van der Waals surface area contributed by atoms with Gasteiger partial charge in [-0.15, -0.1) is 0 Å². The Morgan fingerprint density at radius 3 is 2.40 bits per heavy atom. The summed E-state index contributed by atoms with van der Waals surface area (Å²) in [6, 6.07) is 0. The predicted octanol–water partition coefficient (Wildman–Crippen LogP) is 2.02. The molecule has 0 saturated heterocycles. The van der Waals surface area contributed by atoms with Crippen molar-refractivity contribution >= 4 is 16.8 Å². The lowest BCUT2D eigenvalue weighted by Crippen LogP contribution is -1.95. The molecule has 0 spiro atoms. The van der Waals surface area contributed by atoms with Gasteiger partial charge >= 0.3 is 0 Å². The van der Waals surface area contributed by atoms with Gasteiger partial charge in [-0.2, -0.15) is 0 Å². The first-order chi connectivity index (χ1) is 4.52. The third kappa shape index (κ3) is 5.38. The molecule has 0 bridgehead atoms. The monoisotopic (exact) mass is 158 g/mol. The first kappa shape index (κ1) is 9.24. The fraction of sp³-hybridized carbons (Fsp3) is 0.286. The van der Waals surface area contributed by atoms with Gasteiger partial charge in [-0.05, 0) is 19.9 Å². The maximum absolute atomic E-state index is 5.46. The van der Waals surface area contributed by atoms with E-state index < -0.39 is 0 Å². The summed E-state index contributed by atoms with van der Waals surface area (Å²) in [6.07, 6.45) is 1.66. The Kier molecular flexibility index (Phi) is 3.81. The summed E-state index contributed by atoms with van der Waals surface area (Å²) in [6.45, 7) is 7.14. The second-order valence-corrected chi connectivity index (χ2v) is 2.57. The van der Waals surface area contributed by atoms with Crippen LogP contribution in [0.3, 0.4) is 0 Å². The number of rotatable bonds is 2. The minimum absolute atomic E-state index is 0.389. The zero-order valence-corrected chi connectivity index (χ0v) is 6.94. The van der Waals surface area contributed by atoms with Crippen molar-refractivity contribution in [2.45, 2.75) is 13.8 Å². The summed E-state index contributed by atoms with van der Waals surface area (Å²) in [5, 5.41) is 0.426. The lowest BCUT2D eigenvalue weighted by atomic mass is 10.3. The average molecular weight is 159 g/mol. The van der Waals surface area contributed by atoms with Gasteiger partial charge in [0.05, 0.1) is 0 Å². The van der Waals surface area contributed by atoms with E-state index in [4.69, 9.17) is 17.3 Å². The van der Waals surface area contributed by atoms with Gasteiger partial charge in [0.1, 0.15) is 11.0 Å². The Morgan fingerprint density at radius 1 is 1.60 bits per heavy atom. The Hall–Kier alpha value is -0.760. The second-order valence-electron chi connectivity index (χ2n) is 2.02. The van der Waals surface area contributed by atoms with Crippen molar-refractivity contribution < 1.29 is 0 Å². The number of hydrogen-bond acceptors (Lipinski definition) is 2. The van der Waals surface area contributed by atoms with Crippen LogP contribution in [0.2, 0.25) is 0 Å². The van der Waals surface area contributed by atoms with E-state index in [0.717, 1.165) is 5.57 Å². The summed E-state index contributed by atoms with van der Waals surface area (Å²) >= 11 is 5.46. The molecule has 0 aliphatic heterocycles. The molecule has 10 heavy (non-hydrogen) atoms. The highest BCUT2D eigenvalue weighted by molar-refractivity contribution is 6.64. The molecule has 0 radical (unpaired) electrons. The van der Waals surface area contributed by atoms with E-state index in [0.29, 0.717) is 11.0 Å².